The normalized spacial score (nSPS) is 12.1. The quantitative estimate of drug-likeness (QED) is 0.587. The Labute approximate surface area is 83.4 Å². The van der Waals surface area contributed by atoms with Crippen molar-refractivity contribution in [2.24, 2.45) is 0 Å². The van der Waals surface area contributed by atoms with Crippen LogP contribution in [0.4, 0.5) is 0 Å². The molecule has 2 N–H and O–H groups in total. The van der Waals surface area contributed by atoms with Gasteiger partial charge in [0.2, 0.25) is 5.91 Å². The van der Waals surface area contributed by atoms with E-state index >= 15 is 0 Å². The van der Waals surface area contributed by atoms with Crippen molar-refractivity contribution in [1.29, 1.82) is 0 Å². The number of aliphatic carboxylic acids is 1. The predicted molar refractivity (Wildman–Crippen MR) is 51.0 cm³/mol. The van der Waals surface area contributed by atoms with Gasteiger partial charge in [-0.05, 0) is 19.8 Å². The predicted octanol–water partition coefficient (Wildman–Crippen LogP) is 0.392. The van der Waals surface area contributed by atoms with Gasteiger partial charge in [-0.15, -0.1) is 0 Å². The molecule has 0 aliphatic carbocycles. The number of carbonyl (C=O) groups is 2. The molecule has 0 radical (unpaired) electrons. The van der Waals surface area contributed by atoms with Crippen LogP contribution in [0.5, 0.6) is 0 Å². The average molecular weight is 203 g/mol. The molecule has 0 heterocycles. The standard InChI is InChI=1S/C9H17NO4/c1-3-14-6-4-5-8(9(12)13)10-7(2)11/h8H,3-6H2,1-2H3,(H,10,11)(H,12,13). The van der Waals surface area contributed by atoms with Crippen LogP contribution < -0.4 is 5.32 Å². The van der Waals surface area contributed by atoms with Crippen LogP contribution in [0.1, 0.15) is 26.7 Å². The molecular weight excluding hydrogens is 186 g/mol. The first-order valence-corrected chi connectivity index (χ1v) is 4.65. The molecule has 1 atom stereocenters. The maximum absolute atomic E-state index is 10.6. The fourth-order valence-corrected chi connectivity index (χ4v) is 1.04. The van der Waals surface area contributed by atoms with Crippen molar-refractivity contribution < 1.29 is 19.4 Å². The topological polar surface area (TPSA) is 75.6 Å². The molecule has 1 amide bonds. The Morgan fingerprint density at radius 2 is 2.14 bits per heavy atom. The Kier molecular flexibility index (Phi) is 6.74. The third-order valence-corrected chi connectivity index (χ3v) is 1.66. The molecule has 0 aromatic carbocycles. The van der Waals surface area contributed by atoms with Crippen molar-refractivity contribution in [2.75, 3.05) is 13.2 Å². The van der Waals surface area contributed by atoms with Gasteiger partial charge in [-0.3, -0.25) is 4.79 Å². The van der Waals surface area contributed by atoms with E-state index in [1.165, 1.54) is 6.92 Å². The van der Waals surface area contributed by atoms with Crippen molar-refractivity contribution in [3.05, 3.63) is 0 Å². The van der Waals surface area contributed by atoms with Gasteiger partial charge in [0.25, 0.3) is 0 Å². The first kappa shape index (κ1) is 12.9. The van der Waals surface area contributed by atoms with Crippen molar-refractivity contribution in [2.45, 2.75) is 32.7 Å². The minimum atomic E-state index is -1.00. The van der Waals surface area contributed by atoms with E-state index in [0.29, 0.717) is 26.1 Å². The van der Waals surface area contributed by atoms with Gasteiger partial charge in [0, 0.05) is 20.1 Å². The first-order chi connectivity index (χ1) is 6.57. The van der Waals surface area contributed by atoms with Crippen LogP contribution in [0, 0.1) is 0 Å². The first-order valence-electron chi connectivity index (χ1n) is 4.65. The highest BCUT2D eigenvalue weighted by Crippen LogP contribution is 1.98. The molecule has 0 aromatic heterocycles. The number of hydrogen-bond acceptors (Lipinski definition) is 3. The molecule has 5 heteroatoms. The van der Waals surface area contributed by atoms with Gasteiger partial charge in [0.1, 0.15) is 6.04 Å². The fraction of sp³-hybridized carbons (Fsp3) is 0.778. The average Bonchev–Trinajstić information content (AvgIpc) is 2.09. The van der Waals surface area contributed by atoms with Gasteiger partial charge in [-0.2, -0.15) is 0 Å². The molecule has 0 aromatic rings. The minimum absolute atomic E-state index is 0.325. The summed E-state index contributed by atoms with van der Waals surface area (Å²) < 4.78 is 5.06. The Balaban J connectivity index is 3.74. The zero-order valence-electron chi connectivity index (χ0n) is 8.58. The third kappa shape index (κ3) is 6.42. The number of nitrogens with one attached hydrogen (secondary N) is 1. The number of rotatable bonds is 7. The van der Waals surface area contributed by atoms with Crippen LogP contribution in [0.25, 0.3) is 0 Å². The van der Waals surface area contributed by atoms with E-state index < -0.39 is 12.0 Å². The van der Waals surface area contributed by atoms with Crippen molar-refractivity contribution in [3.63, 3.8) is 0 Å². The van der Waals surface area contributed by atoms with Gasteiger partial charge < -0.3 is 15.2 Å². The number of carbonyl (C=O) groups excluding carboxylic acids is 1. The van der Waals surface area contributed by atoms with Gasteiger partial charge >= 0.3 is 5.97 Å². The van der Waals surface area contributed by atoms with Crippen molar-refractivity contribution >= 4 is 11.9 Å². The Hall–Kier alpha value is -1.10. The van der Waals surface area contributed by atoms with Gasteiger partial charge in [-0.25, -0.2) is 4.79 Å². The van der Waals surface area contributed by atoms with E-state index in [4.69, 9.17) is 9.84 Å². The summed E-state index contributed by atoms with van der Waals surface area (Å²) in [6, 6.07) is -0.798. The minimum Gasteiger partial charge on any atom is -0.480 e. The lowest BCUT2D eigenvalue weighted by molar-refractivity contribution is -0.141. The van der Waals surface area contributed by atoms with Crippen LogP contribution in [-0.2, 0) is 14.3 Å². The highest BCUT2D eigenvalue weighted by atomic mass is 16.5. The highest BCUT2D eigenvalue weighted by Gasteiger charge is 2.17. The molecule has 0 rings (SSSR count). The molecule has 14 heavy (non-hydrogen) atoms. The Morgan fingerprint density at radius 1 is 1.50 bits per heavy atom. The summed E-state index contributed by atoms with van der Waals surface area (Å²) in [4.78, 5) is 21.3. The Bertz CT molecular complexity index is 193. The lowest BCUT2D eigenvalue weighted by Crippen LogP contribution is -2.39. The number of ether oxygens (including phenoxy) is 1. The largest absolute Gasteiger partial charge is 0.480 e. The van der Waals surface area contributed by atoms with E-state index in [9.17, 15) is 9.59 Å². The highest BCUT2D eigenvalue weighted by molar-refractivity contribution is 5.81. The number of carboxylic acid groups (broad SMARTS) is 1. The summed E-state index contributed by atoms with van der Waals surface area (Å²) in [5.74, 6) is -1.33. The second-order valence-electron chi connectivity index (χ2n) is 2.93. The van der Waals surface area contributed by atoms with E-state index in [2.05, 4.69) is 5.32 Å². The molecule has 0 aliphatic rings. The summed E-state index contributed by atoms with van der Waals surface area (Å²) in [6.07, 6.45) is 1.03. The molecule has 5 nitrogen and oxygen atoms in total. The summed E-state index contributed by atoms with van der Waals surface area (Å²) >= 11 is 0. The van der Waals surface area contributed by atoms with Crippen LogP contribution in [0.15, 0.2) is 0 Å². The molecule has 0 spiro atoms. The molecule has 0 saturated carbocycles. The third-order valence-electron chi connectivity index (χ3n) is 1.66. The molecule has 0 aliphatic heterocycles. The lowest BCUT2D eigenvalue weighted by atomic mass is 10.1. The monoisotopic (exact) mass is 203 g/mol. The van der Waals surface area contributed by atoms with Crippen molar-refractivity contribution in [1.82, 2.24) is 5.32 Å². The summed E-state index contributed by atoms with van der Waals surface area (Å²) in [5, 5.41) is 11.1. The molecule has 1 unspecified atom stereocenters. The van der Waals surface area contributed by atoms with Gasteiger partial charge in [0.15, 0.2) is 0 Å². The number of amides is 1. The van der Waals surface area contributed by atoms with E-state index in [-0.39, 0.29) is 5.91 Å². The summed E-state index contributed by atoms with van der Waals surface area (Å²) in [7, 11) is 0. The van der Waals surface area contributed by atoms with Crippen molar-refractivity contribution in [3.8, 4) is 0 Å². The molecule has 82 valence electrons. The van der Waals surface area contributed by atoms with E-state index in [0.717, 1.165) is 0 Å². The maximum Gasteiger partial charge on any atom is 0.326 e. The molecular formula is C9H17NO4. The number of hydrogen-bond donors (Lipinski definition) is 2. The van der Waals surface area contributed by atoms with Gasteiger partial charge in [-0.1, -0.05) is 0 Å². The smallest absolute Gasteiger partial charge is 0.326 e. The van der Waals surface area contributed by atoms with Crippen LogP contribution in [0.2, 0.25) is 0 Å². The summed E-state index contributed by atoms with van der Waals surface area (Å²) in [5.41, 5.74) is 0. The Morgan fingerprint density at radius 3 is 2.57 bits per heavy atom. The molecule has 0 fully saturated rings. The summed E-state index contributed by atoms with van der Waals surface area (Å²) in [6.45, 7) is 4.33. The molecule has 0 saturated heterocycles. The molecule has 0 bridgehead atoms. The zero-order chi connectivity index (χ0) is 11.0. The SMILES string of the molecule is CCOCCCC(NC(C)=O)C(=O)O. The van der Waals surface area contributed by atoms with E-state index in [1.807, 2.05) is 6.92 Å². The van der Waals surface area contributed by atoms with Crippen LogP contribution in [-0.4, -0.2) is 36.2 Å². The van der Waals surface area contributed by atoms with Gasteiger partial charge in [0.05, 0.1) is 0 Å². The zero-order valence-corrected chi connectivity index (χ0v) is 8.58. The van der Waals surface area contributed by atoms with Crippen LogP contribution in [0.3, 0.4) is 0 Å². The number of carboxylic acids is 1. The lowest BCUT2D eigenvalue weighted by Gasteiger charge is -2.12. The van der Waals surface area contributed by atoms with E-state index in [1.54, 1.807) is 0 Å². The maximum atomic E-state index is 10.6. The second kappa shape index (κ2) is 7.32. The van der Waals surface area contributed by atoms with Crippen LogP contribution >= 0.6 is 0 Å². The fourth-order valence-electron chi connectivity index (χ4n) is 1.04. The second-order valence-corrected chi connectivity index (χ2v) is 2.93.